The van der Waals surface area contributed by atoms with E-state index in [-0.39, 0.29) is 5.91 Å². The lowest BCUT2D eigenvalue weighted by Crippen LogP contribution is -2.09. The summed E-state index contributed by atoms with van der Waals surface area (Å²) >= 11 is 2.80. The molecule has 3 aromatic heterocycles. The Kier molecular flexibility index (Phi) is 6.20. The van der Waals surface area contributed by atoms with E-state index in [0.29, 0.717) is 22.5 Å². The molecule has 0 aliphatic heterocycles. The summed E-state index contributed by atoms with van der Waals surface area (Å²) in [6.07, 6.45) is 1.93. The molecular weight excluding hydrogens is 428 g/mol. The van der Waals surface area contributed by atoms with Crippen molar-refractivity contribution in [3.8, 4) is 17.0 Å². The van der Waals surface area contributed by atoms with E-state index < -0.39 is 0 Å². The lowest BCUT2D eigenvalue weighted by molar-refractivity contribution is 0.103. The first kappa shape index (κ1) is 21.3. The third-order valence-electron chi connectivity index (χ3n) is 4.84. The predicted octanol–water partition coefficient (Wildman–Crippen LogP) is 5.87. The highest BCUT2D eigenvalue weighted by atomic mass is 32.1. The highest BCUT2D eigenvalue weighted by Gasteiger charge is 2.14. The molecule has 8 heteroatoms. The molecule has 160 valence electrons. The summed E-state index contributed by atoms with van der Waals surface area (Å²) in [5.74, 6) is 1.15. The van der Waals surface area contributed by atoms with Crippen LogP contribution in [0.25, 0.3) is 11.3 Å². The number of nitrogens with one attached hydrogen (secondary N) is 1. The van der Waals surface area contributed by atoms with Crippen molar-refractivity contribution in [3.63, 3.8) is 0 Å². The van der Waals surface area contributed by atoms with Gasteiger partial charge in [-0.3, -0.25) is 14.8 Å². The van der Waals surface area contributed by atoms with Crippen LogP contribution in [0.15, 0.2) is 47.3 Å². The number of benzene rings is 1. The molecular formula is C23H24N4O2S2. The second-order valence-corrected chi connectivity index (χ2v) is 9.39. The number of rotatable bonds is 7. The zero-order valence-corrected chi connectivity index (χ0v) is 19.5. The van der Waals surface area contributed by atoms with E-state index >= 15 is 0 Å². The topological polar surface area (TPSA) is 69.0 Å². The molecule has 3 heterocycles. The Balaban J connectivity index is 1.35. The maximum atomic E-state index is 12.6. The number of amides is 1. The van der Waals surface area contributed by atoms with Crippen LogP contribution in [-0.4, -0.2) is 20.7 Å². The van der Waals surface area contributed by atoms with Crippen molar-refractivity contribution in [2.24, 2.45) is 7.05 Å². The molecule has 0 radical (unpaired) electrons. The zero-order valence-electron chi connectivity index (χ0n) is 17.9. The first-order valence-corrected chi connectivity index (χ1v) is 11.7. The molecule has 6 nitrogen and oxygen atoms in total. The largest absolute Gasteiger partial charge is 0.489 e. The van der Waals surface area contributed by atoms with Crippen LogP contribution in [0.1, 0.15) is 46.3 Å². The molecule has 4 aromatic rings. The third-order valence-corrected chi connectivity index (χ3v) is 6.58. The molecule has 1 N–H and O–H groups in total. The van der Waals surface area contributed by atoms with Gasteiger partial charge in [0.1, 0.15) is 12.4 Å². The molecule has 0 bridgehead atoms. The van der Waals surface area contributed by atoms with Gasteiger partial charge in [-0.15, -0.1) is 22.7 Å². The summed E-state index contributed by atoms with van der Waals surface area (Å²) in [4.78, 5) is 17.8. The minimum Gasteiger partial charge on any atom is -0.489 e. The van der Waals surface area contributed by atoms with Crippen LogP contribution in [0, 0.1) is 6.92 Å². The van der Waals surface area contributed by atoms with Crippen LogP contribution in [0.5, 0.6) is 5.75 Å². The van der Waals surface area contributed by atoms with Crippen molar-refractivity contribution in [1.82, 2.24) is 14.8 Å². The number of nitrogens with zero attached hydrogens (tertiary/aromatic N) is 3. The number of ether oxygens (including phenoxy) is 1. The molecule has 1 aromatic carbocycles. The van der Waals surface area contributed by atoms with Crippen molar-refractivity contribution >= 4 is 33.7 Å². The summed E-state index contributed by atoms with van der Waals surface area (Å²) in [5, 5.41) is 11.7. The van der Waals surface area contributed by atoms with Gasteiger partial charge in [0, 0.05) is 29.8 Å². The third kappa shape index (κ3) is 5.03. The Labute approximate surface area is 189 Å². The Bertz CT molecular complexity index is 1190. The van der Waals surface area contributed by atoms with Crippen molar-refractivity contribution in [3.05, 3.63) is 69.0 Å². The summed E-state index contributed by atoms with van der Waals surface area (Å²) in [7, 11) is 1.88. The number of aryl methyl sites for hydroxylation is 2. The van der Waals surface area contributed by atoms with Crippen molar-refractivity contribution in [2.45, 2.75) is 33.3 Å². The monoisotopic (exact) mass is 452 g/mol. The van der Waals surface area contributed by atoms with Gasteiger partial charge in [-0.1, -0.05) is 26.0 Å². The van der Waals surface area contributed by atoms with Crippen molar-refractivity contribution in [1.29, 1.82) is 0 Å². The molecule has 1 amide bonds. The normalized spacial score (nSPS) is 11.1. The van der Waals surface area contributed by atoms with Gasteiger partial charge < -0.3 is 4.74 Å². The Hall–Kier alpha value is -2.97. The van der Waals surface area contributed by atoms with Gasteiger partial charge in [0.15, 0.2) is 5.13 Å². The number of aromatic nitrogens is 3. The van der Waals surface area contributed by atoms with Gasteiger partial charge >= 0.3 is 0 Å². The maximum Gasteiger partial charge on any atom is 0.267 e. The standard InChI is InChI=1S/C23H24N4O2S2/c1-14(2)17-5-7-18(8-6-17)29-11-16-9-21(30-12-16)22(28)25-23-24-20(13-31-23)19-10-27(4)26-15(19)3/h5-10,12-14H,11H2,1-4H3,(H,24,25,28). The van der Waals surface area contributed by atoms with E-state index in [0.717, 1.165) is 28.3 Å². The smallest absolute Gasteiger partial charge is 0.267 e. The second kappa shape index (κ2) is 9.03. The summed E-state index contributed by atoms with van der Waals surface area (Å²) in [6.45, 7) is 6.70. The SMILES string of the molecule is Cc1nn(C)cc1-c1csc(NC(=O)c2cc(COc3ccc(C(C)C)cc3)cs2)n1. The lowest BCUT2D eigenvalue weighted by Gasteiger charge is -2.08. The Morgan fingerprint density at radius 3 is 2.65 bits per heavy atom. The summed E-state index contributed by atoms with van der Waals surface area (Å²) < 4.78 is 7.62. The molecule has 0 fully saturated rings. The van der Waals surface area contributed by atoms with Crippen LogP contribution in [0.3, 0.4) is 0 Å². The lowest BCUT2D eigenvalue weighted by atomic mass is 10.0. The molecule has 0 unspecified atom stereocenters. The maximum absolute atomic E-state index is 12.6. The molecule has 0 spiro atoms. The molecule has 31 heavy (non-hydrogen) atoms. The molecule has 0 atom stereocenters. The molecule has 0 aliphatic carbocycles. The fraction of sp³-hybridized carbons (Fsp3) is 0.261. The van der Waals surface area contributed by atoms with Gasteiger partial charge in [0.25, 0.3) is 5.91 Å². The number of thiazole rings is 1. The minimum absolute atomic E-state index is 0.165. The number of hydrogen-bond acceptors (Lipinski definition) is 6. The van der Waals surface area contributed by atoms with Crippen LogP contribution < -0.4 is 10.1 Å². The first-order chi connectivity index (χ1) is 14.9. The van der Waals surface area contributed by atoms with Gasteiger partial charge in [-0.2, -0.15) is 5.10 Å². The van der Waals surface area contributed by atoms with Crippen LogP contribution in [0.2, 0.25) is 0 Å². The highest BCUT2D eigenvalue weighted by molar-refractivity contribution is 7.14. The zero-order chi connectivity index (χ0) is 22.0. The summed E-state index contributed by atoms with van der Waals surface area (Å²) in [6, 6.07) is 10.0. The van der Waals surface area contributed by atoms with Crippen LogP contribution >= 0.6 is 22.7 Å². The van der Waals surface area contributed by atoms with E-state index in [1.54, 1.807) is 4.68 Å². The fourth-order valence-electron chi connectivity index (χ4n) is 3.15. The summed E-state index contributed by atoms with van der Waals surface area (Å²) in [5.41, 5.74) is 4.94. The number of carbonyl (C=O) groups excluding carboxylic acids is 1. The number of carbonyl (C=O) groups is 1. The van der Waals surface area contributed by atoms with Gasteiger partial charge in [-0.25, -0.2) is 4.98 Å². The fourth-order valence-corrected chi connectivity index (χ4v) is 4.65. The van der Waals surface area contributed by atoms with Crippen LogP contribution in [0.4, 0.5) is 5.13 Å². The van der Waals surface area contributed by atoms with Crippen molar-refractivity contribution < 1.29 is 9.53 Å². The number of anilines is 1. The molecule has 4 rings (SSSR count). The van der Waals surface area contributed by atoms with Crippen LogP contribution in [-0.2, 0) is 13.7 Å². The first-order valence-electron chi connectivity index (χ1n) is 9.96. The van der Waals surface area contributed by atoms with Gasteiger partial charge in [-0.05, 0) is 42.0 Å². The van der Waals surface area contributed by atoms with E-state index in [1.807, 2.05) is 49.1 Å². The van der Waals surface area contributed by atoms with E-state index in [9.17, 15) is 4.79 Å². The average molecular weight is 453 g/mol. The number of hydrogen-bond donors (Lipinski definition) is 1. The Morgan fingerprint density at radius 1 is 1.19 bits per heavy atom. The second-order valence-electron chi connectivity index (χ2n) is 7.63. The van der Waals surface area contributed by atoms with E-state index in [2.05, 4.69) is 41.4 Å². The van der Waals surface area contributed by atoms with Gasteiger partial charge in [0.05, 0.1) is 16.3 Å². The Morgan fingerprint density at radius 2 is 1.97 bits per heavy atom. The van der Waals surface area contributed by atoms with E-state index in [4.69, 9.17) is 4.74 Å². The highest BCUT2D eigenvalue weighted by Crippen LogP contribution is 2.28. The predicted molar refractivity (Wildman–Crippen MR) is 126 cm³/mol. The van der Waals surface area contributed by atoms with Gasteiger partial charge in [0.2, 0.25) is 0 Å². The molecule has 0 saturated heterocycles. The average Bonchev–Trinajstić information content (AvgIpc) is 3.47. The number of thiophene rings is 1. The molecule has 0 aliphatic rings. The molecule has 0 saturated carbocycles. The quantitative estimate of drug-likeness (QED) is 0.381. The minimum atomic E-state index is -0.165. The van der Waals surface area contributed by atoms with Crippen molar-refractivity contribution in [2.75, 3.05) is 5.32 Å². The van der Waals surface area contributed by atoms with E-state index in [1.165, 1.54) is 28.2 Å².